The molecule has 0 aliphatic carbocycles. The van der Waals surface area contributed by atoms with Crippen molar-refractivity contribution in [1.82, 2.24) is 20.2 Å². The molecule has 2 N–H and O–H groups in total. The van der Waals surface area contributed by atoms with Crippen LogP contribution in [0.4, 0.5) is 4.39 Å². The van der Waals surface area contributed by atoms with E-state index < -0.39 is 0 Å². The molecule has 1 aliphatic rings. The number of nitrogens with one attached hydrogen (secondary N) is 2. The molecule has 0 radical (unpaired) electrons. The monoisotopic (exact) mass is 320 g/mol. The highest BCUT2D eigenvalue weighted by Crippen LogP contribution is 2.13. The summed E-state index contributed by atoms with van der Waals surface area (Å²) >= 11 is 0. The van der Waals surface area contributed by atoms with Crippen molar-refractivity contribution in [3.8, 4) is 0 Å². The molecule has 0 atom stereocenters. The van der Waals surface area contributed by atoms with Crippen molar-refractivity contribution in [3.63, 3.8) is 0 Å². The van der Waals surface area contributed by atoms with Gasteiger partial charge < -0.3 is 15.0 Å². The lowest BCUT2D eigenvalue weighted by molar-refractivity contribution is -0.123. The van der Waals surface area contributed by atoms with E-state index in [0.717, 1.165) is 30.9 Å². The van der Waals surface area contributed by atoms with Gasteiger partial charge in [-0.2, -0.15) is 0 Å². The molecule has 124 valence electrons. The Bertz CT molecular complexity index is 667. The molecule has 1 fully saturated rings. The average molecular weight is 320 g/mol. The van der Waals surface area contributed by atoms with Gasteiger partial charge in [-0.1, -0.05) is 0 Å². The SMILES string of the molecule is O=C(CN1CCOCC1)NCCCc1nc2ccc(F)cc2[nH]1. The van der Waals surface area contributed by atoms with Crippen LogP contribution < -0.4 is 5.32 Å². The molecule has 23 heavy (non-hydrogen) atoms. The average Bonchev–Trinajstić information content (AvgIpc) is 2.94. The van der Waals surface area contributed by atoms with Crippen molar-refractivity contribution >= 4 is 16.9 Å². The number of rotatable bonds is 6. The first-order valence-corrected chi connectivity index (χ1v) is 7.92. The standard InChI is InChI=1S/C16H21FN4O2/c17-12-3-4-13-14(10-12)20-15(19-13)2-1-5-18-16(22)11-21-6-8-23-9-7-21/h3-4,10H,1-2,5-9,11H2,(H,18,22)(H,19,20). The first kappa shape index (κ1) is 15.9. The van der Waals surface area contributed by atoms with E-state index in [4.69, 9.17) is 4.74 Å². The fourth-order valence-corrected chi connectivity index (χ4v) is 2.65. The molecular formula is C16H21FN4O2. The summed E-state index contributed by atoms with van der Waals surface area (Å²) in [6.45, 7) is 4.04. The van der Waals surface area contributed by atoms with Gasteiger partial charge in [0.2, 0.25) is 5.91 Å². The highest BCUT2D eigenvalue weighted by Gasteiger charge is 2.13. The zero-order valence-corrected chi connectivity index (χ0v) is 13.0. The molecule has 0 unspecified atom stereocenters. The number of imidazole rings is 1. The van der Waals surface area contributed by atoms with Gasteiger partial charge in [0.05, 0.1) is 30.8 Å². The third-order valence-electron chi connectivity index (χ3n) is 3.88. The maximum absolute atomic E-state index is 13.1. The lowest BCUT2D eigenvalue weighted by Crippen LogP contribution is -2.43. The number of nitrogens with zero attached hydrogens (tertiary/aromatic N) is 2. The van der Waals surface area contributed by atoms with Crippen LogP contribution in [0.3, 0.4) is 0 Å². The molecule has 1 aromatic heterocycles. The van der Waals surface area contributed by atoms with Crippen LogP contribution in [-0.4, -0.2) is 60.2 Å². The molecule has 0 bridgehead atoms. The fraction of sp³-hybridized carbons (Fsp3) is 0.500. The second kappa shape index (κ2) is 7.52. The highest BCUT2D eigenvalue weighted by atomic mass is 19.1. The summed E-state index contributed by atoms with van der Waals surface area (Å²) in [7, 11) is 0. The Labute approximate surface area is 134 Å². The molecule has 1 amide bonds. The fourth-order valence-electron chi connectivity index (χ4n) is 2.65. The molecule has 7 heteroatoms. The Morgan fingerprint density at radius 1 is 1.39 bits per heavy atom. The first-order chi connectivity index (χ1) is 11.2. The molecule has 3 rings (SSSR count). The number of hydrogen-bond donors (Lipinski definition) is 2. The predicted octanol–water partition coefficient (Wildman–Crippen LogP) is 1.08. The molecule has 1 aromatic carbocycles. The zero-order chi connectivity index (χ0) is 16.1. The van der Waals surface area contributed by atoms with Crippen LogP contribution in [0.5, 0.6) is 0 Å². The number of halogens is 1. The van der Waals surface area contributed by atoms with E-state index in [1.54, 1.807) is 6.07 Å². The number of fused-ring (bicyclic) bond motifs is 1. The summed E-state index contributed by atoms with van der Waals surface area (Å²) in [5.74, 6) is 0.578. The second-order valence-corrected chi connectivity index (χ2v) is 5.69. The highest BCUT2D eigenvalue weighted by molar-refractivity contribution is 5.78. The van der Waals surface area contributed by atoms with Crippen molar-refractivity contribution in [1.29, 1.82) is 0 Å². The molecule has 1 saturated heterocycles. The number of benzene rings is 1. The smallest absolute Gasteiger partial charge is 0.234 e. The second-order valence-electron chi connectivity index (χ2n) is 5.69. The van der Waals surface area contributed by atoms with E-state index in [0.29, 0.717) is 38.2 Å². The summed E-state index contributed by atoms with van der Waals surface area (Å²) in [6.07, 6.45) is 1.51. The normalized spacial score (nSPS) is 15.9. The van der Waals surface area contributed by atoms with Gasteiger partial charge in [-0.25, -0.2) is 9.37 Å². The Balaban J connectivity index is 1.39. The Morgan fingerprint density at radius 2 is 2.22 bits per heavy atom. The number of carbonyl (C=O) groups excluding carboxylic acids is 1. The van der Waals surface area contributed by atoms with Crippen molar-refractivity contribution in [3.05, 3.63) is 29.8 Å². The first-order valence-electron chi connectivity index (χ1n) is 7.92. The number of hydrogen-bond acceptors (Lipinski definition) is 4. The van der Waals surface area contributed by atoms with Crippen LogP contribution in [-0.2, 0) is 16.0 Å². The minimum absolute atomic E-state index is 0.0403. The lowest BCUT2D eigenvalue weighted by Gasteiger charge is -2.25. The quantitative estimate of drug-likeness (QED) is 0.782. The van der Waals surface area contributed by atoms with Gasteiger partial charge in [-0.05, 0) is 24.6 Å². The van der Waals surface area contributed by atoms with Gasteiger partial charge in [0.15, 0.2) is 0 Å². The number of morpholine rings is 1. The topological polar surface area (TPSA) is 70.2 Å². The Hall–Kier alpha value is -1.99. The zero-order valence-electron chi connectivity index (χ0n) is 13.0. The van der Waals surface area contributed by atoms with Crippen molar-refractivity contribution in [2.75, 3.05) is 39.4 Å². The largest absolute Gasteiger partial charge is 0.379 e. The third-order valence-corrected chi connectivity index (χ3v) is 3.88. The summed E-state index contributed by atoms with van der Waals surface area (Å²) in [5, 5.41) is 2.92. The van der Waals surface area contributed by atoms with Crippen molar-refractivity contribution in [2.45, 2.75) is 12.8 Å². The number of ether oxygens (including phenoxy) is 1. The number of aryl methyl sites for hydroxylation is 1. The molecule has 2 aromatic rings. The molecule has 0 spiro atoms. The summed E-state index contributed by atoms with van der Waals surface area (Å²) < 4.78 is 18.4. The minimum atomic E-state index is -0.275. The van der Waals surface area contributed by atoms with Gasteiger partial charge in [-0.3, -0.25) is 9.69 Å². The van der Waals surface area contributed by atoms with E-state index in [9.17, 15) is 9.18 Å². The van der Waals surface area contributed by atoms with Crippen LogP contribution in [0.15, 0.2) is 18.2 Å². The molecule has 6 nitrogen and oxygen atoms in total. The summed E-state index contributed by atoms with van der Waals surface area (Å²) in [5.41, 5.74) is 1.47. The van der Waals surface area contributed by atoms with Crippen LogP contribution in [0.2, 0.25) is 0 Å². The van der Waals surface area contributed by atoms with Crippen molar-refractivity contribution < 1.29 is 13.9 Å². The van der Waals surface area contributed by atoms with Crippen LogP contribution in [0.25, 0.3) is 11.0 Å². The predicted molar refractivity (Wildman–Crippen MR) is 84.6 cm³/mol. The summed E-state index contributed by atoms with van der Waals surface area (Å²) in [6, 6.07) is 4.50. The Kier molecular flexibility index (Phi) is 5.19. The summed E-state index contributed by atoms with van der Waals surface area (Å²) in [4.78, 5) is 21.4. The van der Waals surface area contributed by atoms with E-state index in [1.807, 2.05) is 0 Å². The number of amides is 1. The minimum Gasteiger partial charge on any atom is -0.379 e. The maximum atomic E-state index is 13.1. The van der Waals surface area contributed by atoms with Crippen LogP contribution in [0.1, 0.15) is 12.2 Å². The van der Waals surface area contributed by atoms with Crippen LogP contribution >= 0.6 is 0 Å². The van der Waals surface area contributed by atoms with Crippen LogP contribution in [0, 0.1) is 5.82 Å². The van der Waals surface area contributed by atoms with Gasteiger partial charge in [0, 0.05) is 26.1 Å². The molecule has 2 heterocycles. The molecular weight excluding hydrogens is 299 g/mol. The van der Waals surface area contributed by atoms with E-state index in [1.165, 1.54) is 12.1 Å². The van der Waals surface area contributed by atoms with Gasteiger partial charge in [0.1, 0.15) is 11.6 Å². The third kappa shape index (κ3) is 4.49. The van der Waals surface area contributed by atoms with Gasteiger partial charge in [-0.15, -0.1) is 0 Å². The number of H-pyrrole nitrogens is 1. The van der Waals surface area contributed by atoms with Gasteiger partial charge >= 0.3 is 0 Å². The molecule has 0 saturated carbocycles. The van der Waals surface area contributed by atoms with Crippen molar-refractivity contribution in [2.24, 2.45) is 0 Å². The van der Waals surface area contributed by atoms with E-state index in [2.05, 4.69) is 20.2 Å². The van der Waals surface area contributed by atoms with E-state index >= 15 is 0 Å². The number of carbonyl (C=O) groups is 1. The van der Waals surface area contributed by atoms with E-state index in [-0.39, 0.29) is 11.7 Å². The maximum Gasteiger partial charge on any atom is 0.234 e. The van der Waals surface area contributed by atoms with Gasteiger partial charge in [0.25, 0.3) is 0 Å². The Morgan fingerprint density at radius 3 is 3.04 bits per heavy atom. The lowest BCUT2D eigenvalue weighted by atomic mass is 10.3. The molecule has 1 aliphatic heterocycles. The number of aromatic nitrogens is 2. The number of aromatic amines is 1.